The first-order valence-corrected chi connectivity index (χ1v) is 5.03. The maximum absolute atomic E-state index is 11.3. The molecule has 4 heteroatoms. The van der Waals surface area contributed by atoms with E-state index in [1.807, 2.05) is 6.92 Å². The number of carboxylic acids is 1. The third-order valence-corrected chi connectivity index (χ3v) is 2.07. The molecule has 0 radical (unpaired) electrons. The van der Waals surface area contributed by atoms with E-state index in [1.165, 1.54) is 0 Å². The molecular formula is C11H18O4. The first kappa shape index (κ1) is 13.7. The number of hydrogen-bond acceptors (Lipinski definition) is 3. The number of rotatable bonds is 7. The van der Waals surface area contributed by atoms with E-state index in [9.17, 15) is 9.59 Å². The first-order chi connectivity index (χ1) is 7.02. The highest BCUT2D eigenvalue weighted by molar-refractivity contribution is 5.93. The van der Waals surface area contributed by atoms with Crippen LogP contribution in [-0.2, 0) is 14.3 Å². The van der Waals surface area contributed by atoms with Crippen molar-refractivity contribution < 1.29 is 19.4 Å². The number of aliphatic carboxylic acids is 1. The minimum Gasteiger partial charge on any atom is -0.481 e. The molecule has 0 bridgehead atoms. The average molecular weight is 214 g/mol. The van der Waals surface area contributed by atoms with E-state index >= 15 is 0 Å². The van der Waals surface area contributed by atoms with Gasteiger partial charge in [0.1, 0.15) is 0 Å². The van der Waals surface area contributed by atoms with Gasteiger partial charge in [0, 0.05) is 0 Å². The number of carboxylic acid groups (broad SMARTS) is 1. The van der Waals surface area contributed by atoms with Crippen LogP contribution < -0.4 is 0 Å². The Labute approximate surface area is 89.9 Å². The molecular weight excluding hydrogens is 196 g/mol. The molecule has 0 heterocycles. The summed E-state index contributed by atoms with van der Waals surface area (Å²) >= 11 is 0. The molecule has 0 amide bonds. The molecule has 0 aromatic heterocycles. The van der Waals surface area contributed by atoms with Crippen LogP contribution in [-0.4, -0.2) is 23.7 Å². The summed E-state index contributed by atoms with van der Waals surface area (Å²) < 4.78 is 4.90. The molecule has 1 N–H and O–H groups in total. The van der Waals surface area contributed by atoms with Gasteiger partial charge in [-0.3, -0.25) is 9.59 Å². The van der Waals surface area contributed by atoms with Crippen LogP contribution in [0, 0.1) is 11.8 Å². The summed E-state index contributed by atoms with van der Waals surface area (Å²) in [6.45, 7) is 7.38. The van der Waals surface area contributed by atoms with E-state index in [4.69, 9.17) is 9.84 Å². The van der Waals surface area contributed by atoms with Gasteiger partial charge in [-0.05, 0) is 18.8 Å². The third kappa shape index (κ3) is 5.20. The number of esters is 1. The largest absolute Gasteiger partial charge is 0.481 e. The maximum Gasteiger partial charge on any atom is 0.320 e. The van der Waals surface area contributed by atoms with Gasteiger partial charge in [-0.1, -0.05) is 19.9 Å². The lowest BCUT2D eigenvalue weighted by Gasteiger charge is -2.13. The van der Waals surface area contributed by atoms with Crippen molar-refractivity contribution in [3.8, 4) is 0 Å². The fraction of sp³-hybridized carbons (Fsp3) is 0.636. The zero-order valence-electron chi connectivity index (χ0n) is 9.23. The lowest BCUT2D eigenvalue weighted by atomic mass is 10.1. The molecule has 0 aliphatic heterocycles. The summed E-state index contributed by atoms with van der Waals surface area (Å²) in [6.07, 6.45) is 2.74. The topological polar surface area (TPSA) is 63.6 Å². The van der Waals surface area contributed by atoms with Crippen molar-refractivity contribution in [1.82, 2.24) is 0 Å². The fourth-order valence-corrected chi connectivity index (χ4v) is 1.12. The SMILES string of the molecule is C=CCC(C)COC(=O)C(CC)C(=O)O. The van der Waals surface area contributed by atoms with Crippen molar-refractivity contribution in [3.05, 3.63) is 12.7 Å². The van der Waals surface area contributed by atoms with Crippen LogP contribution in [0.4, 0.5) is 0 Å². The molecule has 0 aliphatic rings. The average Bonchev–Trinajstić information content (AvgIpc) is 2.15. The van der Waals surface area contributed by atoms with Crippen molar-refractivity contribution in [2.75, 3.05) is 6.61 Å². The Balaban J connectivity index is 4.01. The zero-order valence-corrected chi connectivity index (χ0v) is 9.23. The van der Waals surface area contributed by atoms with Crippen LogP contribution in [0.1, 0.15) is 26.7 Å². The standard InChI is InChI=1S/C11H18O4/c1-4-6-8(3)7-15-11(14)9(5-2)10(12)13/h4,8-9H,1,5-7H2,2-3H3,(H,12,13). The summed E-state index contributed by atoms with van der Waals surface area (Å²) in [7, 11) is 0. The molecule has 0 fully saturated rings. The van der Waals surface area contributed by atoms with Crippen LogP contribution in [0.15, 0.2) is 12.7 Å². The number of ether oxygens (including phenoxy) is 1. The van der Waals surface area contributed by atoms with Gasteiger partial charge in [0.2, 0.25) is 0 Å². The molecule has 15 heavy (non-hydrogen) atoms. The van der Waals surface area contributed by atoms with E-state index in [0.29, 0.717) is 0 Å². The van der Waals surface area contributed by atoms with Gasteiger partial charge in [0.25, 0.3) is 0 Å². The quantitative estimate of drug-likeness (QED) is 0.399. The fourth-order valence-electron chi connectivity index (χ4n) is 1.12. The molecule has 0 aliphatic carbocycles. The van der Waals surface area contributed by atoms with Crippen LogP contribution >= 0.6 is 0 Å². The highest BCUT2D eigenvalue weighted by Gasteiger charge is 2.25. The van der Waals surface area contributed by atoms with E-state index in [0.717, 1.165) is 6.42 Å². The van der Waals surface area contributed by atoms with Gasteiger partial charge in [-0.2, -0.15) is 0 Å². The molecule has 4 nitrogen and oxygen atoms in total. The van der Waals surface area contributed by atoms with Gasteiger partial charge in [-0.25, -0.2) is 0 Å². The molecule has 0 aromatic rings. The predicted molar refractivity (Wildman–Crippen MR) is 56.4 cm³/mol. The van der Waals surface area contributed by atoms with Crippen molar-refractivity contribution in [2.24, 2.45) is 11.8 Å². The third-order valence-electron chi connectivity index (χ3n) is 2.07. The summed E-state index contributed by atoms with van der Waals surface area (Å²) in [4.78, 5) is 21.9. The van der Waals surface area contributed by atoms with E-state index in [1.54, 1.807) is 13.0 Å². The van der Waals surface area contributed by atoms with Crippen molar-refractivity contribution >= 4 is 11.9 Å². The van der Waals surface area contributed by atoms with Crippen LogP contribution in [0.3, 0.4) is 0 Å². The molecule has 0 aromatic carbocycles. The highest BCUT2D eigenvalue weighted by atomic mass is 16.5. The molecule has 0 spiro atoms. The molecule has 0 saturated carbocycles. The summed E-state index contributed by atoms with van der Waals surface area (Å²) in [5.41, 5.74) is 0. The van der Waals surface area contributed by atoms with Gasteiger partial charge in [-0.15, -0.1) is 6.58 Å². The molecule has 86 valence electrons. The molecule has 0 saturated heterocycles. The van der Waals surface area contributed by atoms with Gasteiger partial charge < -0.3 is 9.84 Å². The Morgan fingerprint density at radius 2 is 2.13 bits per heavy atom. The molecule has 0 rings (SSSR count). The first-order valence-electron chi connectivity index (χ1n) is 5.03. The second-order valence-electron chi connectivity index (χ2n) is 3.56. The number of allylic oxidation sites excluding steroid dienone is 1. The molecule has 2 unspecified atom stereocenters. The minimum atomic E-state index is -1.13. The van der Waals surface area contributed by atoms with Gasteiger partial charge in [0.05, 0.1) is 6.61 Å². The van der Waals surface area contributed by atoms with E-state index in [-0.39, 0.29) is 18.9 Å². The Hall–Kier alpha value is -1.32. The van der Waals surface area contributed by atoms with Crippen LogP contribution in [0.25, 0.3) is 0 Å². The normalized spacial score (nSPS) is 14.0. The zero-order chi connectivity index (χ0) is 11.8. The second-order valence-corrected chi connectivity index (χ2v) is 3.56. The Morgan fingerprint density at radius 1 is 1.53 bits per heavy atom. The summed E-state index contributed by atoms with van der Waals surface area (Å²) in [5, 5.41) is 8.70. The number of carbonyl (C=O) groups excluding carboxylic acids is 1. The Bertz CT molecular complexity index is 235. The van der Waals surface area contributed by atoms with Crippen LogP contribution in [0.2, 0.25) is 0 Å². The highest BCUT2D eigenvalue weighted by Crippen LogP contribution is 2.08. The minimum absolute atomic E-state index is 0.178. The monoisotopic (exact) mass is 214 g/mol. The summed E-state index contributed by atoms with van der Waals surface area (Å²) in [5.74, 6) is -2.64. The van der Waals surface area contributed by atoms with E-state index in [2.05, 4.69) is 6.58 Å². The second kappa shape index (κ2) is 7.04. The summed E-state index contributed by atoms with van der Waals surface area (Å²) in [6, 6.07) is 0. The van der Waals surface area contributed by atoms with Crippen molar-refractivity contribution in [3.63, 3.8) is 0 Å². The molecule has 2 atom stereocenters. The number of hydrogen-bond donors (Lipinski definition) is 1. The van der Waals surface area contributed by atoms with Crippen LogP contribution in [0.5, 0.6) is 0 Å². The lowest BCUT2D eigenvalue weighted by molar-refractivity contribution is -0.159. The lowest BCUT2D eigenvalue weighted by Crippen LogP contribution is -2.26. The number of carbonyl (C=O) groups is 2. The van der Waals surface area contributed by atoms with Gasteiger partial charge in [0.15, 0.2) is 5.92 Å². The smallest absolute Gasteiger partial charge is 0.320 e. The van der Waals surface area contributed by atoms with E-state index < -0.39 is 17.9 Å². The van der Waals surface area contributed by atoms with Crippen molar-refractivity contribution in [1.29, 1.82) is 0 Å². The van der Waals surface area contributed by atoms with Gasteiger partial charge >= 0.3 is 11.9 Å². The predicted octanol–water partition coefficient (Wildman–Crippen LogP) is 1.85. The maximum atomic E-state index is 11.3. The Morgan fingerprint density at radius 3 is 2.53 bits per heavy atom. The van der Waals surface area contributed by atoms with Crippen molar-refractivity contribution in [2.45, 2.75) is 26.7 Å². The Kier molecular flexibility index (Phi) is 6.42.